The molecule has 1 atom stereocenters. The Hall–Kier alpha value is -0.130. The van der Waals surface area contributed by atoms with E-state index in [-0.39, 0.29) is 5.25 Å². The highest BCUT2D eigenvalue weighted by Gasteiger charge is 2.22. The fourth-order valence-corrected chi connectivity index (χ4v) is 3.27. The summed E-state index contributed by atoms with van der Waals surface area (Å²) in [5.41, 5.74) is 0. The van der Waals surface area contributed by atoms with Gasteiger partial charge in [-0.25, -0.2) is 8.42 Å². The second-order valence-corrected chi connectivity index (χ2v) is 6.77. The third-order valence-electron chi connectivity index (χ3n) is 2.83. The third-order valence-corrected chi connectivity index (χ3v) is 5.18. The van der Waals surface area contributed by atoms with E-state index in [1.807, 2.05) is 13.8 Å². The minimum absolute atomic E-state index is 0.226. The van der Waals surface area contributed by atoms with Crippen molar-refractivity contribution in [3.8, 4) is 0 Å². The molecule has 0 aromatic carbocycles. The molecule has 1 fully saturated rings. The van der Waals surface area contributed by atoms with Crippen LogP contribution in [0.2, 0.25) is 0 Å². The van der Waals surface area contributed by atoms with E-state index in [1.165, 1.54) is 0 Å². The van der Waals surface area contributed by atoms with Gasteiger partial charge in [-0.05, 0) is 13.3 Å². The quantitative estimate of drug-likeness (QED) is 0.733. The molecule has 1 saturated heterocycles. The Bertz CT molecular complexity index is 271. The maximum Gasteiger partial charge on any atom is 0.154 e. The summed E-state index contributed by atoms with van der Waals surface area (Å²) >= 11 is 0. The number of sulfone groups is 1. The third kappa shape index (κ3) is 4.09. The zero-order valence-corrected chi connectivity index (χ0v) is 10.5. The van der Waals surface area contributed by atoms with Gasteiger partial charge in [-0.3, -0.25) is 4.90 Å². The maximum atomic E-state index is 11.8. The number of hydrogen-bond donors (Lipinski definition) is 1. The molecule has 1 N–H and O–H groups in total. The van der Waals surface area contributed by atoms with Crippen LogP contribution >= 0.6 is 0 Å². The molecular weight excluding hydrogens is 212 g/mol. The molecule has 0 aromatic heterocycles. The van der Waals surface area contributed by atoms with Crippen molar-refractivity contribution in [2.45, 2.75) is 25.5 Å². The highest BCUT2D eigenvalue weighted by Crippen LogP contribution is 2.06. The first-order valence-electron chi connectivity index (χ1n) is 5.71. The molecule has 1 heterocycles. The van der Waals surface area contributed by atoms with Gasteiger partial charge in [0.15, 0.2) is 9.84 Å². The van der Waals surface area contributed by atoms with Crippen molar-refractivity contribution in [3.05, 3.63) is 0 Å². The summed E-state index contributed by atoms with van der Waals surface area (Å²) in [6.45, 7) is 8.30. The Balaban J connectivity index is 2.43. The van der Waals surface area contributed by atoms with Gasteiger partial charge in [-0.15, -0.1) is 0 Å². The van der Waals surface area contributed by atoms with Crippen LogP contribution in [0.15, 0.2) is 0 Å². The molecule has 5 heteroatoms. The Labute approximate surface area is 93.0 Å². The molecule has 0 aliphatic carbocycles. The lowest BCUT2D eigenvalue weighted by atomic mass is 10.3. The first-order valence-corrected chi connectivity index (χ1v) is 7.42. The molecule has 1 aliphatic heterocycles. The van der Waals surface area contributed by atoms with E-state index < -0.39 is 9.84 Å². The van der Waals surface area contributed by atoms with Gasteiger partial charge >= 0.3 is 0 Å². The largest absolute Gasteiger partial charge is 0.314 e. The lowest BCUT2D eigenvalue weighted by molar-refractivity contribution is 0.242. The molecule has 0 bridgehead atoms. The van der Waals surface area contributed by atoms with Crippen LogP contribution in [0, 0.1) is 0 Å². The topological polar surface area (TPSA) is 49.4 Å². The van der Waals surface area contributed by atoms with Crippen molar-refractivity contribution < 1.29 is 8.42 Å². The van der Waals surface area contributed by atoms with Crippen molar-refractivity contribution in [1.29, 1.82) is 0 Å². The molecule has 0 aromatic rings. The van der Waals surface area contributed by atoms with Crippen LogP contribution in [0.4, 0.5) is 0 Å². The average molecular weight is 234 g/mol. The van der Waals surface area contributed by atoms with Gasteiger partial charge in [-0.1, -0.05) is 6.92 Å². The van der Waals surface area contributed by atoms with E-state index in [0.717, 1.165) is 26.2 Å². The number of nitrogens with zero attached hydrogens (tertiary/aromatic N) is 1. The first kappa shape index (κ1) is 12.9. The Morgan fingerprint density at radius 2 is 1.93 bits per heavy atom. The van der Waals surface area contributed by atoms with Crippen molar-refractivity contribution in [2.24, 2.45) is 0 Å². The monoisotopic (exact) mass is 234 g/mol. The Morgan fingerprint density at radius 1 is 1.33 bits per heavy atom. The number of piperazine rings is 1. The van der Waals surface area contributed by atoms with Gasteiger partial charge in [0.25, 0.3) is 0 Å². The van der Waals surface area contributed by atoms with Gasteiger partial charge in [0.1, 0.15) is 0 Å². The predicted octanol–water partition coefficient (Wildman–Crippen LogP) is 0.105. The van der Waals surface area contributed by atoms with Crippen LogP contribution in [0.5, 0.6) is 0 Å². The van der Waals surface area contributed by atoms with Crippen LogP contribution in [0.1, 0.15) is 20.3 Å². The van der Waals surface area contributed by atoms with Crippen molar-refractivity contribution in [2.75, 3.05) is 38.5 Å². The van der Waals surface area contributed by atoms with Crippen LogP contribution in [-0.2, 0) is 9.84 Å². The minimum Gasteiger partial charge on any atom is -0.314 e. The summed E-state index contributed by atoms with van der Waals surface area (Å²) in [5.74, 6) is 0.320. The van der Waals surface area contributed by atoms with E-state index in [9.17, 15) is 8.42 Å². The van der Waals surface area contributed by atoms with E-state index in [4.69, 9.17) is 0 Å². The van der Waals surface area contributed by atoms with Crippen LogP contribution in [-0.4, -0.2) is 57.0 Å². The SMILES string of the molecule is CCCS(=O)(=O)C(C)CN1CCNCC1. The van der Waals surface area contributed by atoms with Gasteiger partial charge in [-0.2, -0.15) is 0 Å². The van der Waals surface area contributed by atoms with Gasteiger partial charge in [0, 0.05) is 32.7 Å². The standard InChI is InChI=1S/C10H22N2O2S/c1-3-8-15(13,14)10(2)9-12-6-4-11-5-7-12/h10-11H,3-9H2,1-2H3. The number of nitrogens with one attached hydrogen (secondary N) is 1. The summed E-state index contributed by atoms with van der Waals surface area (Å²) in [6.07, 6.45) is 0.716. The number of hydrogen-bond acceptors (Lipinski definition) is 4. The summed E-state index contributed by atoms with van der Waals surface area (Å²) in [4.78, 5) is 2.23. The molecule has 90 valence electrons. The van der Waals surface area contributed by atoms with Gasteiger partial charge in [0.05, 0.1) is 11.0 Å². The zero-order chi connectivity index (χ0) is 11.3. The fourth-order valence-electron chi connectivity index (χ4n) is 1.86. The summed E-state index contributed by atoms with van der Waals surface area (Å²) < 4.78 is 23.5. The van der Waals surface area contributed by atoms with Crippen LogP contribution in [0.25, 0.3) is 0 Å². The van der Waals surface area contributed by atoms with Gasteiger partial charge in [0.2, 0.25) is 0 Å². The second kappa shape index (κ2) is 5.82. The first-order chi connectivity index (χ1) is 7.06. The predicted molar refractivity (Wildman–Crippen MR) is 62.8 cm³/mol. The highest BCUT2D eigenvalue weighted by atomic mass is 32.2. The molecule has 1 aliphatic rings. The van der Waals surface area contributed by atoms with Crippen LogP contribution in [0.3, 0.4) is 0 Å². The van der Waals surface area contributed by atoms with Crippen LogP contribution < -0.4 is 5.32 Å². The van der Waals surface area contributed by atoms with Crippen molar-refractivity contribution >= 4 is 9.84 Å². The van der Waals surface area contributed by atoms with Gasteiger partial charge < -0.3 is 5.32 Å². The fraction of sp³-hybridized carbons (Fsp3) is 1.00. The summed E-state index contributed by atoms with van der Waals surface area (Å²) in [6, 6.07) is 0. The molecule has 0 saturated carbocycles. The Morgan fingerprint density at radius 3 is 2.47 bits per heavy atom. The second-order valence-electron chi connectivity index (χ2n) is 4.23. The molecule has 1 rings (SSSR count). The lowest BCUT2D eigenvalue weighted by Gasteiger charge is -2.29. The van der Waals surface area contributed by atoms with Crippen molar-refractivity contribution in [3.63, 3.8) is 0 Å². The minimum atomic E-state index is -2.87. The lowest BCUT2D eigenvalue weighted by Crippen LogP contribution is -2.47. The molecule has 15 heavy (non-hydrogen) atoms. The van der Waals surface area contributed by atoms with E-state index in [0.29, 0.717) is 18.7 Å². The smallest absolute Gasteiger partial charge is 0.154 e. The molecule has 0 amide bonds. The van der Waals surface area contributed by atoms with E-state index >= 15 is 0 Å². The van der Waals surface area contributed by atoms with Crippen molar-refractivity contribution in [1.82, 2.24) is 10.2 Å². The molecule has 4 nitrogen and oxygen atoms in total. The molecule has 0 spiro atoms. The summed E-state index contributed by atoms with van der Waals surface area (Å²) in [5, 5.41) is 3.03. The van der Waals surface area contributed by atoms with E-state index in [2.05, 4.69) is 10.2 Å². The Kier molecular flexibility index (Phi) is 5.02. The molecule has 0 radical (unpaired) electrons. The molecule has 1 unspecified atom stereocenters. The molecular formula is C10H22N2O2S. The highest BCUT2D eigenvalue weighted by molar-refractivity contribution is 7.92. The average Bonchev–Trinajstić information content (AvgIpc) is 2.19. The normalized spacial score (nSPS) is 21.5. The maximum absolute atomic E-state index is 11.8. The van der Waals surface area contributed by atoms with E-state index in [1.54, 1.807) is 0 Å². The summed E-state index contributed by atoms with van der Waals surface area (Å²) in [7, 11) is -2.87. The zero-order valence-electron chi connectivity index (χ0n) is 9.70. The number of rotatable bonds is 5.